The van der Waals surface area contributed by atoms with Gasteiger partial charge in [-0.3, -0.25) is 0 Å². The Bertz CT molecular complexity index is 1210. The van der Waals surface area contributed by atoms with Gasteiger partial charge in [-0.25, -0.2) is 14.4 Å². The van der Waals surface area contributed by atoms with Crippen molar-refractivity contribution >= 4 is 10.8 Å². The second-order valence-electron chi connectivity index (χ2n) is 7.09. The maximum absolute atomic E-state index is 13.4. The van der Waals surface area contributed by atoms with E-state index in [1.54, 1.807) is 13.2 Å². The van der Waals surface area contributed by atoms with Crippen molar-refractivity contribution in [1.82, 2.24) is 9.97 Å². The van der Waals surface area contributed by atoms with E-state index in [9.17, 15) is 4.39 Å². The SMILES string of the molecule is COCc1ccc(CCc2cnc(C#Cc3cccc4cc(F)ccc34)nc2)cc1. The smallest absolute Gasteiger partial charge is 0.205 e. The summed E-state index contributed by atoms with van der Waals surface area (Å²) in [6, 6.07) is 18.8. The number of fused-ring (bicyclic) bond motifs is 1. The highest BCUT2D eigenvalue weighted by Gasteiger charge is 2.01. The Labute approximate surface area is 175 Å². The minimum Gasteiger partial charge on any atom is -0.380 e. The van der Waals surface area contributed by atoms with Gasteiger partial charge < -0.3 is 4.74 Å². The monoisotopic (exact) mass is 396 g/mol. The lowest BCUT2D eigenvalue weighted by Gasteiger charge is -2.04. The van der Waals surface area contributed by atoms with E-state index in [1.807, 2.05) is 30.6 Å². The van der Waals surface area contributed by atoms with Gasteiger partial charge in [-0.1, -0.05) is 48.4 Å². The van der Waals surface area contributed by atoms with E-state index in [1.165, 1.54) is 23.3 Å². The largest absolute Gasteiger partial charge is 0.380 e. The number of benzene rings is 3. The third kappa shape index (κ3) is 4.89. The molecule has 0 unspecified atom stereocenters. The number of rotatable bonds is 5. The quantitative estimate of drug-likeness (QED) is 0.440. The number of methoxy groups -OCH3 is 1. The van der Waals surface area contributed by atoms with Gasteiger partial charge in [0.05, 0.1) is 6.61 Å². The highest BCUT2D eigenvalue weighted by Crippen LogP contribution is 2.19. The highest BCUT2D eigenvalue weighted by molar-refractivity contribution is 5.88. The molecule has 0 aliphatic rings. The highest BCUT2D eigenvalue weighted by atomic mass is 19.1. The molecule has 0 amide bonds. The summed E-state index contributed by atoms with van der Waals surface area (Å²) in [7, 11) is 1.70. The molecular weight excluding hydrogens is 375 g/mol. The standard InChI is InChI=1S/C26H21FN2O/c1-30-18-20-8-5-19(6-9-20)7-10-21-16-28-26(29-17-21)14-11-22-3-2-4-23-15-24(27)12-13-25(22)23/h2-6,8-9,12-13,15-17H,7,10,18H2,1H3. The molecule has 1 aromatic heterocycles. The number of ether oxygens (including phenoxy) is 1. The number of hydrogen-bond acceptors (Lipinski definition) is 3. The molecule has 148 valence electrons. The van der Waals surface area contributed by atoms with Gasteiger partial charge in [0.1, 0.15) is 5.82 Å². The van der Waals surface area contributed by atoms with E-state index in [-0.39, 0.29) is 5.82 Å². The summed E-state index contributed by atoms with van der Waals surface area (Å²) in [5.74, 6) is 6.34. The van der Waals surface area contributed by atoms with E-state index < -0.39 is 0 Å². The fraction of sp³-hybridized carbons (Fsp3) is 0.154. The first-order chi connectivity index (χ1) is 14.7. The van der Waals surface area contributed by atoms with Crippen molar-refractivity contribution in [3.63, 3.8) is 0 Å². The van der Waals surface area contributed by atoms with Crippen molar-refractivity contribution in [2.75, 3.05) is 7.11 Å². The fourth-order valence-corrected chi connectivity index (χ4v) is 3.29. The van der Waals surface area contributed by atoms with Crippen LogP contribution in [0.5, 0.6) is 0 Å². The number of aryl methyl sites for hydroxylation is 2. The molecule has 1 heterocycles. The van der Waals surface area contributed by atoms with Gasteiger partial charge in [-0.05, 0) is 64.4 Å². The second kappa shape index (κ2) is 9.30. The normalized spacial score (nSPS) is 10.6. The first kappa shape index (κ1) is 19.8. The zero-order chi connectivity index (χ0) is 20.8. The van der Waals surface area contributed by atoms with E-state index in [2.05, 4.69) is 46.1 Å². The van der Waals surface area contributed by atoms with Gasteiger partial charge in [-0.15, -0.1) is 0 Å². The molecule has 4 aromatic rings. The fourth-order valence-electron chi connectivity index (χ4n) is 3.29. The topological polar surface area (TPSA) is 35.0 Å². The Kier molecular flexibility index (Phi) is 6.12. The molecule has 3 nitrogen and oxygen atoms in total. The van der Waals surface area contributed by atoms with Crippen LogP contribution in [0, 0.1) is 17.7 Å². The van der Waals surface area contributed by atoms with Crippen LogP contribution in [0.25, 0.3) is 10.8 Å². The average molecular weight is 396 g/mol. The molecule has 0 atom stereocenters. The lowest BCUT2D eigenvalue weighted by Crippen LogP contribution is -1.96. The van der Waals surface area contributed by atoms with Gasteiger partial charge in [0.15, 0.2) is 0 Å². The summed E-state index contributed by atoms with van der Waals surface area (Å²) in [4.78, 5) is 8.75. The van der Waals surface area contributed by atoms with Crippen LogP contribution in [0.1, 0.15) is 28.1 Å². The van der Waals surface area contributed by atoms with Crippen molar-refractivity contribution in [2.45, 2.75) is 19.4 Å². The Morgan fingerprint density at radius 2 is 1.57 bits per heavy atom. The van der Waals surface area contributed by atoms with E-state index in [0.29, 0.717) is 12.4 Å². The predicted octanol–water partition coefficient (Wildman–Crippen LogP) is 5.10. The first-order valence-corrected chi connectivity index (χ1v) is 9.79. The summed E-state index contributed by atoms with van der Waals surface area (Å²) in [6.45, 7) is 0.631. The maximum atomic E-state index is 13.4. The molecule has 30 heavy (non-hydrogen) atoms. The van der Waals surface area contributed by atoms with Crippen molar-refractivity contribution in [3.8, 4) is 11.8 Å². The molecule has 0 bridgehead atoms. The summed E-state index contributed by atoms with van der Waals surface area (Å²) in [5.41, 5.74) is 4.34. The zero-order valence-corrected chi connectivity index (χ0v) is 16.7. The van der Waals surface area contributed by atoms with Gasteiger partial charge in [-0.2, -0.15) is 0 Å². The third-order valence-corrected chi connectivity index (χ3v) is 4.89. The summed E-state index contributed by atoms with van der Waals surface area (Å²) in [6.07, 6.45) is 5.45. The zero-order valence-electron chi connectivity index (χ0n) is 16.7. The average Bonchev–Trinajstić information content (AvgIpc) is 2.78. The minimum atomic E-state index is -0.252. The number of halogens is 1. The second-order valence-corrected chi connectivity index (χ2v) is 7.09. The molecule has 0 spiro atoms. The number of aromatic nitrogens is 2. The number of nitrogens with zero attached hydrogens (tertiary/aromatic N) is 2. The van der Waals surface area contributed by atoms with Crippen molar-refractivity contribution < 1.29 is 9.13 Å². The molecule has 0 N–H and O–H groups in total. The number of hydrogen-bond donors (Lipinski definition) is 0. The summed E-state index contributed by atoms with van der Waals surface area (Å²) < 4.78 is 18.6. The van der Waals surface area contributed by atoms with Crippen molar-refractivity contribution in [2.24, 2.45) is 0 Å². The van der Waals surface area contributed by atoms with E-state index >= 15 is 0 Å². The Balaban J connectivity index is 1.42. The molecule has 0 radical (unpaired) electrons. The lowest BCUT2D eigenvalue weighted by atomic mass is 10.0. The molecule has 0 fully saturated rings. The third-order valence-electron chi connectivity index (χ3n) is 4.89. The Morgan fingerprint density at radius 1 is 0.833 bits per heavy atom. The van der Waals surface area contributed by atoms with Crippen LogP contribution in [0.4, 0.5) is 4.39 Å². The minimum absolute atomic E-state index is 0.252. The van der Waals surface area contributed by atoms with Gasteiger partial charge in [0, 0.05) is 25.1 Å². The molecule has 0 saturated heterocycles. The van der Waals surface area contributed by atoms with Crippen LogP contribution >= 0.6 is 0 Å². The van der Waals surface area contributed by atoms with Gasteiger partial charge in [0.25, 0.3) is 0 Å². The van der Waals surface area contributed by atoms with Crippen molar-refractivity contribution in [1.29, 1.82) is 0 Å². The molecule has 3 aromatic carbocycles. The van der Waals surface area contributed by atoms with Crippen LogP contribution in [-0.4, -0.2) is 17.1 Å². The Hall–Kier alpha value is -3.55. The van der Waals surface area contributed by atoms with Crippen LogP contribution in [0.2, 0.25) is 0 Å². The van der Waals surface area contributed by atoms with Crippen molar-refractivity contribution in [3.05, 3.63) is 107 Å². The first-order valence-electron chi connectivity index (χ1n) is 9.79. The lowest BCUT2D eigenvalue weighted by molar-refractivity contribution is 0.185. The Morgan fingerprint density at radius 3 is 2.33 bits per heavy atom. The summed E-state index contributed by atoms with van der Waals surface area (Å²) >= 11 is 0. The molecule has 0 aliphatic heterocycles. The van der Waals surface area contributed by atoms with Gasteiger partial charge in [0.2, 0.25) is 5.82 Å². The molecular formula is C26H21FN2O. The van der Waals surface area contributed by atoms with Crippen LogP contribution in [-0.2, 0) is 24.2 Å². The van der Waals surface area contributed by atoms with Crippen LogP contribution in [0.15, 0.2) is 73.1 Å². The van der Waals surface area contributed by atoms with Gasteiger partial charge >= 0.3 is 0 Å². The van der Waals surface area contributed by atoms with E-state index in [4.69, 9.17) is 4.74 Å². The molecule has 0 aliphatic carbocycles. The van der Waals surface area contributed by atoms with Crippen LogP contribution < -0.4 is 0 Å². The summed E-state index contributed by atoms with van der Waals surface area (Å²) in [5, 5.41) is 1.74. The van der Waals surface area contributed by atoms with E-state index in [0.717, 1.165) is 34.7 Å². The predicted molar refractivity (Wildman–Crippen MR) is 116 cm³/mol. The van der Waals surface area contributed by atoms with Crippen LogP contribution in [0.3, 0.4) is 0 Å². The molecule has 0 saturated carbocycles. The molecule has 4 rings (SSSR count). The maximum Gasteiger partial charge on any atom is 0.205 e. The molecule has 4 heteroatoms.